The molecule has 1 aromatic rings. The Hall–Kier alpha value is -1.55. The van der Waals surface area contributed by atoms with Gasteiger partial charge in [-0.2, -0.15) is 0 Å². The second-order valence-electron chi connectivity index (χ2n) is 4.47. The largest absolute Gasteiger partial charge is 0.443 e. The standard InChI is InChI=1S/C12H18N2O2/c1-12(2,3)16-11(15)14-13-9-10-7-5-4-6-8-10/h4-8,13H,9H2,1-3H3,(H,14,15). The topological polar surface area (TPSA) is 50.4 Å². The fourth-order valence-electron chi connectivity index (χ4n) is 1.12. The molecule has 4 nitrogen and oxygen atoms in total. The summed E-state index contributed by atoms with van der Waals surface area (Å²) in [4.78, 5) is 11.3. The first-order valence-corrected chi connectivity index (χ1v) is 5.23. The van der Waals surface area contributed by atoms with Gasteiger partial charge in [-0.15, -0.1) is 0 Å². The summed E-state index contributed by atoms with van der Waals surface area (Å²) in [5.41, 5.74) is 5.90. The van der Waals surface area contributed by atoms with Gasteiger partial charge in [-0.25, -0.2) is 10.2 Å². The van der Waals surface area contributed by atoms with Gasteiger partial charge in [0.1, 0.15) is 5.60 Å². The number of amides is 1. The molecule has 88 valence electrons. The molecule has 1 rings (SSSR count). The third kappa shape index (κ3) is 5.36. The second kappa shape index (κ2) is 5.51. The van der Waals surface area contributed by atoms with Gasteiger partial charge in [0.05, 0.1) is 0 Å². The van der Waals surface area contributed by atoms with E-state index in [1.54, 1.807) is 0 Å². The van der Waals surface area contributed by atoms with E-state index in [-0.39, 0.29) is 0 Å². The first-order valence-electron chi connectivity index (χ1n) is 5.23. The highest BCUT2D eigenvalue weighted by atomic mass is 16.6. The van der Waals surface area contributed by atoms with Crippen LogP contribution in [0, 0.1) is 0 Å². The number of hydrogen-bond donors (Lipinski definition) is 2. The molecule has 0 saturated carbocycles. The summed E-state index contributed by atoms with van der Waals surface area (Å²) in [5.74, 6) is 0. The monoisotopic (exact) mass is 222 g/mol. The second-order valence-corrected chi connectivity index (χ2v) is 4.47. The van der Waals surface area contributed by atoms with Gasteiger partial charge in [-0.05, 0) is 26.3 Å². The Labute approximate surface area is 96.0 Å². The molecule has 16 heavy (non-hydrogen) atoms. The number of ether oxygens (including phenoxy) is 1. The molecule has 0 aliphatic carbocycles. The Bertz CT molecular complexity index is 331. The van der Waals surface area contributed by atoms with Crippen LogP contribution in [0.15, 0.2) is 30.3 Å². The van der Waals surface area contributed by atoms with Crippen LogP contribution in [0.25, 0.3) is 0 Å². The van der Waals surface area contributed by atoms with Gasteiger partial charge in [0, 0.05) is 6.54 Å². The van der Waals surface area contributed by atoms with Crippen molar-refractivity contribution in [2.24, 2.45) is 0 Å². The van der Waals surface area contributed by atoms with E-state index in [0.29, 0.717) is 6.54 Å². The fraction of sp³-hybridized carbons (Fsp3) is 0.417. The van der Waals surface area contributed by atoms with Gasteiger partial charge in [-0.1, -0.05) is 30.3 Å². The van der Waals surface area contributed by atoms with E-state index in [4.69, 9.17) is 4.74 Å². The molecule has 4 heteroatoms. The number of benzene rings is 1. The maximum Gasteiger partial charge on any atom is 0.422 e. The van der Waals surface area contributed by atoms with Crippen LogP contribution in [0.3, 0.4) is 0 Å². The molecular formula is C12H18N2O2. The Morgan fingerprint density at radius 2 is 1.88 bits per heavy atom. The van der Waals surface area contributed by atoms with Gasteiger partial charge in [0.15, 0.2) is 0 Å². The van der Waals surface area contributed by atoms with Crippen LogP contribution < -0.4 is 10.9 Å². The molecule has 0 spiro atoms. The van der Waals surface area contributed by atoms with Crippen LogP contribution in [0.1, 0.15) is 26.3 Å². The predicted molar refractivity (Wildman–Crippen MR) is 62.7 cm³/mol. The summed E-state index contributed by atoms with van der Waals surface area (Å²) in [6.07, 6.45) is -0.469. The number of nitrogens with one attached hydrogen (secondary N) is 2. The summed E-state index contributed by atoms with van der Waals surface area (Å²) in [6.45, 7) is 6.04. The van der Waals surface area contributed by atoms with E-state index >= 15 is 0 Å². The smallest absolute Gasteiger partial charge is 0.422 e. The predicted octanol–water partition coefficient (Wildman–Crippen LogP) is 2.22. The van der Waals surface area contributed by atoms with Crippen LogP contribution in [-0.2, 0) is 11.3 Å². The van der Waals surface area contributed by atoms with Crippen molar-refractivity contribution < 1.29 is 9.53 Å². The van der Waals surface area contributed by atoms with Crippen molar-refractivity contribution in [2.75, 3.05) is 0 Å². The van der Waals surface area contributed by atoms with Gasteiger partial charge in [0.2, 0.25) is 0 Å². The van der Waals surface area contributed by atoms with Gasteiger partial charge in [-0.3, -0.25) is 5.43 Å². The van der Waals surface area contributed by atoms with Gasteiger partial charge < -0.3 is 4.74 Å². The Morgan fingerprint density at radius 3 is 2.44 bits per heavy atom. The molecule has 0 aromatic heterocycles. The van der Waals surface area contributed by atoms with Gasteiger partial charge in [0.25, 0.3) is 0 Å². The zero-order valence-electron chi connectivity index (χ0n) is 9.91. The highest BCUT2D eigenvalue weighted by molar-refractivity contribution is 5.66. The summed E-state index contributed by atoms with van der Waals surface area (Å²) in [7, 11) is 0. The zero-order chi connectivity index (χ0) is 12.0. The number of carbonyl (C=O) groups is 1. The minimum atomic E-state index is -0.474. The molecule has 0 bridgehead atoms. The van der Waals surface area contributed by atoms with Crippen LogP contribution in [-0.4, -0.2) is 11.7 Å². The van der Waals surface area contributed by atoms with Crippen molar-refractivity contribution in [1.82, 2.24) is 10.9 Å². The Balaban J connectivity index is 2.24. The minimum Gasteiger partial charge on any atom is -0.443 e. The molecule has 0 aliphatic heterocycles. The summed E-state index contributed by atoms with van der Waals surface area (Å²) in [5, 5.41) is 0. The summed E-state index contributed by atoms with van der Waals surface area (Å²) in [6, 6.07) is 9.80. The normalized spacial score (nSPS) is 10.9. The summed E-state index contributed by atoms with van der Waals surface area (Å²) >= 11 is 0. The highest BCUT2D eigenvalue weighted by Crippen LogP contribution is 2.05. The molecule has 1 amide bonds. The van der Waals surface area contributed by atoms with E-state index in [1.165, 1.54) is 0 Å². The molecular weight excluding hydrogens is 204 g/mol. The van der Waals surface area contributed by atoms with Gasteiger partial charge >= 0.3 is 6.09 Å². The lowest BCUT2D eigenvalue weighted by atomic mass is 10.2. The molecule has 0 fully saturated rings. The zero-order valence-corrected chi connectivity index (χ0v) is 9.91. The highest BCUT2D eigenvalue weighted by Gasteiger charge is 2.15. The van der Waals surface area contributed by atoms with Crippen molar-refractivity contribution >= 4 is 6.09 Å². The number of carbonyl (C=O) groups excluding carboxylic acids is 1. The quantitative estimate of drug-likeness (QED) is 0.771. The van der Waals surface area contributed by atoms with E-state index < -0.39 is 11.7 Å². The maximum absolute atomic E-state index is 11.3. The molecule has 0 radical (unpaired) electrons. The van der Waals surface area contributed by atoms with Crippen molar-refractivity contribution in [1.29, 1.82) is 0 Å². The van der Waals surface area contributed by atoms with Crippen LogP contribution in [0.2, 0.25) is 0 Å². The molecule has 1 aromatic carbocycles. The summed E-state index contributed by atoms with van der Waals surface area (Å²) < 4.78 is 5.06. The van der Waals surface area contributed by atoms with Crippen LogP contribution in [0.5, 0.6) is 0 Å². The average Bonchev–Trinajstić information content (AvgIpc) is 2.16. The van der Waals surface area contributed by atoms with E-state index in [9.17, 15) is 4.79 Å². The lowest BCUT2D eigenvalue weighted by Gasteiger charge is -2.19. The van der Waals surface area contributed by atoms with E-state index in [0.717, 1.165) is 5.56 Å². The lowest BCUT2D eigenvalue weighted by Crippen LogP contribution is -2.40. The number of hydrogen-bond acceptors (Lipinski definition) is 3. The molecule has 0 saturated heterocycles. The number of rotatable bonds is 3. The fourth-order valence-corrected chi connectivity index (χ4v) is 1.12. The molecule has 0 aliphatic rings. The van der Waals surface area contributed by atoms with E-state index in [2.05, 4.69) is 10.9 Å². The van der Waals surface area contributed by atoms with Crippen molar-refractivity contribution in [3.63, 3.8) is 0 Å². The van der Waals surface area contributed by atoms with Crippen molar-refractivity contribution in [2.45, 2.75) is 32.9 Å². The number of hydrazine groups is 1. The average molecular weight is 222 g/mol. The van der Waals surface area contributed by atoms with E-state index in [1.807, 2.05) is 51.1 Å². The third-order valence-electron chi connectivity index (χ3n) is 1.72. The van der Waals surface area contributed by atoms with Crippen molar-refractivity contribution in [3.05, 3.63) is 35.9 Å². The Kier molecular flexibility index (Phi) is 4.31. The molecule has 0 heterocycles. The van der Waals surface area contributed by atoms with Crippen molar-refractivity contribution in [3.8, 4) is 0 Å². The third-order valence-corrected chi connectivity index (χ3v) is 1.72. The van der Waals surface area contributed by atoms with Crippen LogP contribution >= 0.6 is 0 Å². The molecule has 2 N–H and O–H groups in total. The maximum atomic E-state index is 11.3. The molecule has 0 unspecified atom stereocenters. The Morgan fingerprint density at radius 1 is 1.25 bits per heavy atom. The molecule has 0 atom stereocenters. The van der Waals surface area contributed by atoms with Crippen LogP contribution in [0.4, 0.5) is 4.79 Å². The first-order chi connectivity index (χ1) is 7.47. The minimum absolute atomic E-state index is 0.469. The lowest BCUT2D eigenvalue weighted by molar-refractivity contribution is 0.0497. The SMILES string of the molecule is CC(C)(C)OC(=O)NNCc1ccccc1. The first kappa shape index (κ1) is 12.5.